The molecule has 1 saturated heterocycles. The number of aryl methyl sites for hydroxylation is 1. The summed E-state index contributed by atoms with van der Waals surface area (Å²) < 4.78 is 6.05. The van der Waals surface area contributed by atoms with Crippen molar-refractivity contribution in [2.75, 3.05) is 13.1 Å². The maximum absolute atomic E-state index is 6.05. The van der Waals surface area contributed by atoms with Crippen molar-refractivity contribution in [2.24, 2.45) is 0 Å². The third-order valence-electron chi connectivity index (χ3n) is 2.76. The van der Waals surface area contributed by atoms with Gasteiger partial charge < -0.3 is 10.1 Å². The molecule has 1 aliphatic rings. The van der Waals surface area contributed by atoms with Crippen LogP contribution in [0.25, 0.3) is 0 Å². The van der Waals surface area contributed by atoms with Crippen molar-refractivity contribution in [3.63, 3.8) is 0 Å². The predicted octanol–water partition coefficient (Wildman–Crippen LogP) is 2.43. The quantitative estimate of drug-likeness (QED) is 0.760. The van der Waals surface area contributed by atoms with Gasteiger partial charge in [0, 0.05) is 13.1 Å². The molecule has 1 aliphatic heterocycles. The topological polar surface area (TPSA) is 21.3 Å². The van der Waals surface area contributed by atoms with E-state index < -0.39 is 0 Å². The minimum absolute atomic E-state index is 0.0628. The maximum atomic E-state index is 6.05. The minimum atomic E-state index is -0.0628. The third kappa shape index (κ3) is 2.58. The molecule has 0 aromatic heterocycles. The molecule has 2 rings (SSSR count). The molecule has 0 radical (unpaired) electrons. The van der Waals surface area contributed by atoms with Crippen LogP contribution in [0.1, 0.15) is 31.1 Å². The number of hydrogen-bond acceptors (Lipinski definition) is 2. The lowest BCUT2D eigenvalue weighted by molar-refractivity contribution is -0.0958. The molecule has 0 saturated carbocycles. The van der Waals surface area contributed by atoms with Crippen LogP contribution in [-0.2, 0) is 4.74 Å². The molecule has 82 valence electrons. The Hall–Kier alpha value is -0.860. The van der Waals surface area contributed by atoms with Gasteiger partial charge in [-0.25, -0.2) is 0 Å². The van der Waals surface area contributed by atoms with Gasteiger partial charge in [-0.2, -0.15) is 0 Å². The lowest BCUT2D eigenvalue weighted by atomic mass is 10.0. The zero-order valence-electron chi connectivity index (χ0n) is 9.71. The van der Waals surface area contributed by atoms with E-state index in [2.05, 4.69) is 50.4 Å². The van der Waals surface area contributed by atoms with Crippen LogP contribution in [-0.4, -0.2) is 18.7 Å². The van der Waals surface area contributed by atoms with Crippen molar-refractivity contribution in [3.05, 3.63) is 35.4 Å². The Morgan fingerprint density at radius 3 is 2.87 bits per heavy atom. The van der Waals surface area contributed by atoms with Crippen LogP contribution in [0, 0.1) is 6.92 Å². The SMILES string of the molecule is Cc1cccc(C2CNCC(C)(C)O2)c1. The molecule has 1 fully saturated rings. The van der Waals surface area contributed by atoms with Crippen molar-refractivity contribution < 1.29 is 4.74 Å². The molecule has 1 aromatic carbocycles. The third-order valence-corrected chi connectivity index (χ3v) is 2.76. The summed E-state index contributed by atoms with van der Waals surface area (Å²) in [6, 6.07) is 8.55. The van der Waals surface area contributed by atoms with Gasteiger partial charge in [-0.15, -0.1) is 0 Å². The number of benzene rings is 1. The number of nitrogens with one attached hydrogen (secondary N) is 1. The summed E-state index contributed by atoms with van der Waals surface area (Å²) >= 11 is 0. The number of morpholine rings is 1. The number of rotatable bonds is 1. The second-order valence-electron chi connectivity index (χ2n) is 4.91. The van der Waals surface area contributed by atoms with Crippen molar-refractivity contribution >= 4 is 0 Å². The van der Waals surface area contributed by atoms with Crippen LogP contribution in [0.5, 0.6) is 0 Å². The van der Waals surface area contributed by atoms with Gasteiger partial charge in [-0.1, -0.05) is 29.8 Å². The molecule has 2 heteroatoms. The monoisotopic (exact) mass is 205 g/mol. The van der Waals surface area contributed by atoms with Crippen LogP contribution in [0.3, 0.4) is 0 Å². The maximum Gasteiger partial charge on any atom is 0.0957 e. The summed E-state index contributed by atoms with van der Waals surface area (Å²) in [7, 11) is 0. The van der Waals surface area contributed by atoms with Crippen LogP contribution in [0.2, 0.25) is 0 Å². The smallest absolute Gasteiger partial charge is 0.0957 e. The molecule has 1 unspecified atom stereocenters. The molecule has 0 bridgehead atoms. The van der Waals surface area contributed by atoms with E-state index in [-0.39, 0.29) is 11.7 Å². The highest BCUT2D eigenvalue weighted by Crippen LogP contribution is 2.26. The minimum Gasteiger partial charge on any atom is -0.365 e. The van der Waals surface area contributed by atoms with E-state index in [1.54, 1.807) is 0 Å². The second kappa shape index (κ2) is 3.95. The Balaban J connectivity index is 2.17. The Morgan fingerprint density at radius 2 is 2.20 bits per heavy atom. The van der Waals surface area contributed by atoms with Crippen molar-refractivity contribution in [1.29, 1.82) is 0 Å². The first-order valence-corrected chi connectivity index (χ1v) is 5.52. The van der Waals surface area contributed by atoms with E-state index in [0.717, 1.165) is 13.1 Å². The molecular formula is C13H19NO. The Kier molecular flexibility index (Phi) is 2.81. The summed E-state index contributed by atoms with van der Waals surface area (Å²) in [4.78, 5) is 0. The van der Waals surface area contributed by atoms with Crippen molar-refractivity contribution in [3.8, 4) is 0 Å². The standard InChI is InChI=1S/C13H19NO/c1-10-5-4-6-11(7-10)12-8-14-9-13(2,3)15-12/h4-7,12,14H,8-9H2,1-3H3. The molecule has 1 atom stereocenters. The fourth-order valence-electron chi connectivity index (χ4n) is 2.03. The second-order valence-corrected chi connectivity index (χ2v) is 4.91. The lowest BCUT2D eigenvalue weighted by Crippen LogP contribution is -2.46. The number of ether oxygens (including phenoxy) is 1. The van der Waals surface area contributed by atoms with Gasteiger partial charge in [-0.3, -0.25) is 0 Å². The largest absolute Gasteiger partial charge is 0.365 e. The van der Waals surface area contributed by atoms with Gasteiger partial charge in [0.15, 0.2) is 0 Å². The van der Waals surface area contributed by atoms with E-state index >= 15 is 0 Å². The average molecular weight is 205 g/mol. The van der Waals surface area contributed by atoms with Crippen LogP contribution in [0.15, 0.2) is 24.3 Å². The molecule has 1 aromatic rings. The molecule has 0 amide bonds. The van der Waals surface area contributed by atoms with E-state index in [1.807, 2.05) is 0 Å². The first kappa shape index (κ1) is 10.7. The van der Waals surface area contributed by atoms with E-state index in [1.165, 1.54) is 11.1 Å². The Labute approximate surface area is 91.6 Å². The Bertz CT molecular complexity index is 346. The molecule has 0 spiro atoms. The van der Waals surface area contributed by atoms with Gasteiger partial charge in [0.2, 0.25) is 0 Å². The summed E-state index contributed by atoms with van der Waals surface area (Å²) in [5.74, 6) is 0. The average Bonchev–Trinajstić information content (AvgIpc) is 2.16. The molecular weight excluding hydrogens is 186 g/mol. The van der Waals surface area contributed by atoms with Gasteiger partial charge in [0.1, 0.15) is 0 Å². The molecule has 1 N–H and O–H groups in total. The highest BCUT2D eigenvalue weighted by molar-refractivity contribution is 5.24. The van der Waals surface area contributed by atoms with E-state index in [9.17, 15) is 0 Å². The van der Waals surface area contributed by atoms with E-state index in [0.29, 0.717) is 0 Å². The lowest BCUT2D eigenvalue weighted by Gasteiger charge is -2.37. The summed E-state index contributed by atoms with van der Waals surface area (Å²) in [5, 5.41) is 3.42. The molecule has 1 heterocycles. The Morgan fingerprint density at radius 1 is 1.40 bits per heavy atom. The van der Waals surface area contributed by atoms with Crippen LogP contribution >= 0.6 is 0 Å². The van der Waals surface area contributed by atoms with Crippen LogP contribution < -0.4 is 5.32 Å². The van der Waals surface area contributed by atoms with Gasteiger partial charge >= 0.3 is 0 Å². The van der Waals surface area contributed by atoms with Gasteiger partial charge in [0.05, 0.1) is 11.7 Å². The molecule has 0 aliphatic carbocycles. The molecule has 2 nitrogen and oxygen atoms in total. The zero-order chi connectivity index (χ0) is 10.9. The number of hydrogen-bond donors (Lipinski definition) is 1. The molecule has 15 heavy (non-hydrogen) atoms. The first-order valence-electron chi connectivity index (χ1n) is 5.52. The summed E-state index contributed by atoms with van der Waals surface area (Å²) in [5.41, 5.74) is 2.50. The predicted molar refractivity (Wildman–Crippen MR) is 62.0 cm³/mol. The normalized spacial score (nSPS) is 25.1. The van der Waals surface area contributed by atoms with E-state index in [4.69, 9.17) is 4.74 Å². The van der Waals surface area contributed by atoms with Crippen LogP contribution in [0.4, 0.5) is 0 Å². The summed E-state index contributed by atoms with van der Waals surface area (Å²) in [6.07, 6.45) is 0.189. The first-order chi connectivity index (χ1) is 7.07. The fraction of sp³-hybridized carbons (Fsp3) is 0.538. The summed E-state index contributed by atoms with van der Waals surface area (Å²) in [6.45, 7) is 8.21. The van der Waals surface area contributed by atoms with Gasteiger partial charge in [-0.05, 0) is 26.3 Å². The van der Waals surface area contributed by atoms with Crippen molar-refractivity contribution in [1.82, 2.24) is 5.32 Å². The highest BCUT2D eigenvalue weighted by atomic mass is 16.5. The van der Waals surface area contributed by atoms with Crippen molar-refractivity contribution in [2.45, 2.75) is 32.5 Å². The zero-order valence-corrected chi connectivity index (χ0v) is 9.71. The highest BCUT2D eigenvalue weighted by Gasteiger charge is 2.28. The van der Waals surface area contributed by atoms with Gasteiger partial charge in [0.25, 0.3) is 0 Å². The fourth-order valence-corrected chi connectivity index (χ4v) is 2.03.